The molecule has 0 aromatic rings. The molecule has 2 nitrogen and oxygen atoms in total. The maximum Gasteiger partial charge on any atom is 0.0264 e. The van der Waals surface area contributed by atoms with Gasteiger partial charge in [-0.1, -0.05) is 58.8 Å². The fourth-order valence-corrected chi connectivity index (χ4v) is 2.48. The molecular weight excluding hydrogens is 196 g/mol. The molecule has 16 heavy (non-hydrogen) atoms. The van der Waals surface area contributed by atoms with E-state index in [-0.39, 0.29) is 0 Å². The molecule has 0 aromatic carbocycles. The Labute approximate surface area is 101 Å². The average molecular weight is 226 g/mol. The SMILES string of the molecule is CCCCCCCCCC(NN)C1(C)CC1. The first-order chi connectivity index (χ1) is 7.73. The molecule has 1 saturated carbocycles. The Balaban J connectivity index is 1.93. The van der Waals surface area contributed by atoms with Crippen LogP contribution in [-0.4, -0.2) is 6.04 Å². The molecular formula is C14H30N2. The molecule has 0 aliphatic heterocycles. The van der Waals surface area contributed by atoms with Crippen LogP contribution in [0.2, 0.25) is 0 Å². The summed E-state index contributed by atoms with van der Waals surface area (Å²) in [5.74, 6) is 5.63. The van der Waals surface area contributed by atoms with Crippen LogP contribution >= 0.6 is 0 Å². The van der Waals surface area contributed by atoms with E-state index in [0.29, 0.717) is 11.5 Å². The molecule has 3 N–H and O–H groups in total. The lowest BCUT2D eigenvalue weighted by atomic mass is 9.94. The van der Waals surface area contributed by atoms with Crippen LogP contribution in [0.15, 0.2) is 0 Å². The highest BCUT2D eigenvalue weighted by Crippen LogP contribution is 2.49. The number of nitrogens with two attached hydrogens (primary N) is 1. The first-order valence-electron chi connectivity index (χ1n) is 7.19. The van der Waals surface area contributed by atoms with Crippen LogP contribution in [0.25, 0.3) is 0 Å². The number of hydrogen-bond donors (Lipinski definition) is 2. The molecule has 0 amide bonds. The van der Waals surface area contributed by atoms with E-state index in [2.05, 4.69) is 19.3 Å². The lowest BCUT2D eigenvalue weighted by molar-refractivity contribution is 0.331. The van der Waals surface area contributed by atoms with E-state index >= 15 is 0 Å². The van der Waals surface area contributed by atoms with Gasteiger partial charge in [-0.15, -0.1) is 0 Å². The maximum absolute atomic E-state index is 5.63. The van der Waals surface area contributed by atoms with Crippen LogP contribution in [-0.2, 0) is 0 Å². The topological polar surface area (TPSA) is 38.0 Å². The molecule has 2 heteroatoms. The largest absolute Gasteiger partial charge is 0.271 e. The molecule has 0 saturated heterocycles. The van der Waals surface area contributed by atoms with Crippen molar-refractivity contribution in [1.29, 1.82) is 0 Å². The van der Waals surface area contributed by atoms with Gasteiger partial charge in [0.05, 0.1) is 0 Å². The van der Waals surface area contributed by atoms with Crippen molar-refractivity contribution in [3.63, 3.8) is 0 Å². The van der Waals surface area contributed by atoms with Crippen LogP contribution in [0.4, 0.5) is 0 Å². The van der Waals surface area contributed by atoms with Gasteiger partial charge in [0.1, 0.15) is 0 Å². The summed E-state index contributed by atoms with van der Waals surface area (Å²) in [6.07, 6.45) is 13.7. The van der Waals surface area contributed by atoms with E-state index in [1.807, 2.05) is 0 Å². The molecule has 1 aliphatic rings. The number of hydrazine groups is 1. The van der Waals surface area contributed by atoms with Gasteiger partial charge < -0.3 is 0 Å². The molecule has 1 aliphatic carbocycles. The molecule has 0 spiro atoms. The Kier molecular flexibility index (Phi) is 6.37. The van der Waals surface area contributed by atoms with Gasteiger partial charge in [0.2, 0.25) is 0 Å². The first-order valence-corrected chi connectivity index (χ1v) is 7.19. The fraction of sp³-hybridized carbons (Fsp3) is 1.00. The third-order valence-corrected chi connectivity index (χ3v) is 4.18. The summed E-state index contributed by atoms with van der Waals surface area (Å²) in [6, 6.07) is 0.558. The van der Waals surface area contributed by atoms with Crippen LogP contribution < -0.4 is 11.3 Å². The normalized spacial score (nSPS) is 19.7. The van der Waals surface area contributed by atoms with Gasteiger partial charge in [-0.25, -0.2) is 0 Å². The van der Waals surface area contributed by atoms with Crippen molar-refractivity contribution in [2.24, 2.45) is 11.3 Å². The number of nitrogens with one attached hydrogen (secondary N) is 1. The highest BCUT2D eigenvalue weighted by molar-refractivity contribution is 4.97. The van der Waals surface area contributed by atoms with E-state index in [1.54, 1.807) is 0 Å². The highest BCUT2D eigenvalue weighted by atomic mass is 15.2. The van der Waals surface area contributed by atoms with Gasteiger partial charge in [-0.05, 0) is 24.7 Å². The van der Waals surface area contributed by atoms with Gasteiger partial charge in [-0.2, -0.15) is 0 Å². The summed E-state index contributed by atoms with van der Waals surface area (Å²) >= 11 is 0. The zero-order valence-corrected chi connectivity index (χ0v) is 11.2. The predicted molar refractivity (Wildman–Crippen MR) is 71.1 cm³/mol. The lowest BCUT2D eigenvalue weighted by Gasteiger charge is -2.22. The minimum atomic E-state index is 0.525. The molecule has 0 aromatic heterocycles. The number of unbranched alkanes of at least 4 members (excludes halogenated alkanes) is 6. The van der Waals surface area contributed by atoms with Crippen molar-refractivity contribution in [2.75, 3.05) is 0 Å². The molecule has 1 unspecified atom stereocenters. The summed E-state index contributed by atoms with van der Waals surface area (Å²) in [6.45, 7) is 4.63. The minimum Gasteiger partial charge on any atom is -0.271 e. The van der Waals surface area contributed by atoms with E-state index in [4.69, 9.17) is 5.84 Å². The van der Waals surface area contributed by atoms with Crippen molar-refractivity contribution in [1.82, 2.24) is 5.43 Å². The summed E-state index contributed by atoms with van der Waals surface area (Å²) < 4.78 is 0. The van der Waals surface area contributed by atoms with Crippen molar-refractivity contribution < 1.29 is 0 Å². The van der Waals surface area contributed by atoms with Crippen molar-refractivity contribution >= 4 is 0 Å². The smallest absolute Gasteiger partial charge is 0.0264 e. The van der Waals surface area contributed by atoms with Crippen molar-refractivity contribution in [2.45, 2.75) is 84.1 Å². The molecule has 1 fully saturated rings. The predicted octanol–water partition coefficient (Wildman–Crippen LogP) is 3.76. The molecule has 0 bridgehead atoms. The van der Waals surface area contributed by atoms with Gasteiger partial charge in [-0.3, -0.25) is 11.3 Å². The van der Waals surface area contributed by atoms with E-state index in [0.717, 1.165) is 0 Å². The van der Waals surface area contributed by atoms with Gasteiger partial charge in [0.25, 0.3) is 0 Å². The second-order valence-corrected chi connectivity index (χ2v) is 5.78. The number of rotatable bonds is 10. The second kappa shape index (κ2) is 7.29. The highest BCUT2D eigenvalue weighted by Gasteiger charge is 2.43. The second-order valence-electron chi connectivity index (χ2n) is 5.78. The Morgan fingerprint density at radius 3 is 2.12 bits per heavy atom. The van der Waals surface area contributed by atoms with Crippen molar-refractivity contribution in [3.8, 4) is 0 Å². The van der Waals surface area contributed by atoms with E-state index in [9.17, 15) is 0 Å². The summed E-state index contributed by atoms with van der Waals surface area (Å²) in [7, 11) is 0. The lowest BCUT2D eigenvalue weighted by Crippen LogP contribution is -2.40. The minimum absolute atomic E-state index is 0.525. The molecule has 1 rings (SSSR count). The van der Waals surface area contributed by atoms with Crippen molar-refractivity contribution in [3.05, 3.63) is 0 Å². The maximum atomic E-state index is 5.63. The van der Waals surface area contributed by atoms with E-state index in [1.165, 1.54) is 64.2 Å². The third-order valence-electron chi connectivity index (χ3n) is 4.18. The Morgan fingerprint density at radius 1 is 1.06 bits per heavy atom. The quantitative estimate of drug-likeness (QED) is 0.338. The Morgan fingerprint density at radius 2 is 1.62 bits per heavy atom. The van der Waals surface area contributed by atoms with E-state index < -0.39 is 0 Å². The molecule has 0 radical (unpaired) electrons. The zero-order valence-electron chi connectivity index (χ0n) is 11.2. The first kappa shape index (κ1) is 14.0. The zero-order chi connectivity index (χ0) is 11.9. The molecule has 96 valence electrons. The Hall–Kier alpha value is -0.0800. The number of hydrogen-bond acceptors (Lipinski definition) is 2. The van der Waals surface area contributed by atoms with Crippen LogP contribution in [0.3, 0.4) is 0 Å². The monoisotopic (exact) mass is 226 g/mol. The summed E-state index contributed by atoms with van der Waals surface area (Å²) in [5, 5.41) is 0. The van der Waals surface area contributed by atoms with Crippen LogP contribution in [0, 0.1) is 5.41 Å². The fourth-order valence-electron chi connectivity index (χ4n) is 2.48. The molecule has 0 heterocycles. The van der Waals surface area contributed by atoms with Gasteiger partial charge in [0, 0.05) is 6.04 Å². The van der Waals surface area contributed by atoms with Crippen LogP contribution in [0.1, 0.15) is 78.1 Å². The third kappa shape index (κ3) is 4.84. The summed E-state index contributed by atoms with van der Waals surface area (Å²) in [4.78, 5) is 0. The Bertz CT molecular complexity index is 176. The molecule has 1 atom stereocenters. The summed E-state index contributed by atoms with van der Waals surface area (Å²) in [5.41, 5.74) is 3.54. The average Bonchev–Trinajstić information content (AvgIpc) is 3.01. The van der Waals surface area contributed by atoms with Crippen LogP contribution in [0.5, 0.6) is 0 Å². The standard InChI is InChI=1S/C14H30N2/c1-3-4-5-6-7-8-9-10-13(16-15)14(2)11-12-14/h13,16H,3-12,15H2,1-2H3. The van der Waals surface area contributed by atoms with Gasteiger partial charge >= 0.3 is 0 Å². The van der Waals surface area contributed by atoms with Gasteiger partial charge in [0.15, 0.2) is 0 Å².